The fourth-order valence-electron chi connectivity index (χ4n) is 1.72. The summed E-state index contributed by atoms with van der Waals surface area (Å²) in [7, 11) is 1.54. The molecule has 1 amide bonds. The monoisotopic (exact) mass is 241 g/mol. The van der Waals surface area contributed by atoms with Gasteiger partial charge in [-0.05, 0) is 17.7 Å². The summed E-state index contributed by atoms with van der Waals surface area (Å²) in [5, 5.41) is 0.465. The van der Waals surface area contributed by atoms with Crippen molar-refractivity contribution in [3.63, 3.8) is 0 Å². The first-order chi connectivity index (χ1) is 7.60. The molecule has 1 aliphatic rings. The van der Waals surface area contributed by atoms with E-state index in [0.717, 1.165) is 5.56 Å². The lowest BCUT2D eigenvalue weighted by atomic mass is 9.78. The summed E-state index contributed by atoms with van der Waals surface area (Å²) in [5.74, 6) is 0.185. The van der Waals surface area contributed by atoms with Crippen LogP contribution in [0.4, 0.5) is 0 Å². The van der Waals surface area contributed by atoms with Crippen LogP contribution in [0.2, 0.25) is 5.02 Å². The molecule has 2 N–H and O–H groups in total. The van der Waals surface area contributed by atoms with E-state index < -0.39 is 5.41 Å². The van der Waals surface area contributed by atoms with Crippen LogP contribution in [0.3, 0.4) is 0 Å². The second-order valence-electron chi connectivity index (χ2n) is 3.79. The molecule has 0 aromatic heterocycles. The fourth-order valence-corrected chi connectivity index (χ4v) is 1.98. The van der Waals surface area contributed by atoms with Crippen LogP contribution in [0.1, 0.15) is 5.56 Å². The lowest BCUT2D eigenvalue weighted by Gasteiger charge is -2.38. The highest BCUT2D eigenvalue weighted by Gasteiger charge is 2.46. The lowest BCUT2D eigenvalue weighted by Crippen LogP contribution is -2.56. The predicted molar refractivity (Wildman–Crippen MR) is 59.7 cm³/mol. The molecule has 16 heavy (non-hydrogen) atoms. The van der Waals surface area contributed by atoms with Crippen LogP contribution < -0.4 is 10.5 Å². The molecular weight excluding hydrogens is 230 g/mol. The van der Waals surface area contributed by atoms with E-state index in [0.29, 0.717) is 24.0 Å². The number of rotatable bonds is 3. The van der Waals surface area contributed by atoms with E-state index in [4.69, 9.17) is 26.8 Å². The summed E-state index contributed by atoms with van der Waals surface area (Å²) in [6.45, 7) is 0.621. The predicted octanol–water partition coefficient (Wildman–Crippen LogP) is 1.10. The number of nitrogens with two attached hydrogens (primary N) is 1. The zero-order valence-corrected chi connectivity index (χ0v) is 9.58. The Labute approximate surface area is 98.3 Å². The number of carbonyl (C=O) groups is 1. The molecule has 0 atom stereocenters. The van der Waals surface area contributed by atoms with Crippen molar-refractivity contribution in [2.24, 2.45) is 5.73 Å². The molecule has 0 aliphatic carbocycles. The van der Waals surface area contributed by atoms with Gasteiger partial charge in [0.15, 0.2) is 0 Å². The molecule has 0 saturated carbocycles. The highest BCUT2D eigenvalue weighted by atomic mass is 35.5. The Morgan fingerprint density at radius 1 is 1.56 bits per heavy atom. The van der Waals surface area contributed by atoms with Crippen molar-refractivity contribution >= 4 is 17.5 Å². The van der Waals surface area contributed by atoms with Crippen LogP contribution in [0, 0.1) is 0 Å². The maximum atomic E-state index is 11.4. The SMILES string of the molecule is COc1ccc(C2(C(N)=O)COC2)cc1Cl. The summed E-state index contributed by atoms with van der Waals surface area (Å²) in [4.78, 5) is 11.4. The van der Waals surface area contributed by atoms with Crippen molar-refractivity contribution in [1.29, 1.82) is 0 Å². The number of methoxy groups -OCH3 is 1. The Balaban J connectivity index is 2.40. The minimum absolute atomic E-state index is 0.311. The first-order valence-electron chi connectivity index (χ1n) is 4.82. The zero-order valence-electron chi connectivity index (χ0n) is 8.83. The van der Waals surface area contributed by atoms with Crippen molar-refractivity contribution in [3.8, 4) is 5.75 Å². The maximum Gasteiger partial charge on any atom is 0.232 e. The van der Waals surface area contributed by atoms with Crippen LogP contribution in [0.5, 0.6) is 5.75 Å². The van der Waals surface area contributed by atoms with Gasteiger partial charge in [-0.25, -0.2) is 0 Å². The second-order valence-corrected chi connectivity index (χ2v) is 4.20. The standard InChI is InChI=1S/C11H12ClNO3/c1-15-9-3-2-7(4-8(9)12)11(10(13)14)5-16-6-11/h2-4H,5-6H2,1H3,(H2,13,14). The van der Waals surface area contributed by atoms with Gasteiger partial charge in [0, 0.05) is 0 Å². The average molecular weight is 242 g/mol. The van der Waals surface area contributed by atoms with Crippen molar-refractivity contribution in [1.82, 2.24) is 0 Å². The summed E-state index contributed by atoms with van der Waals surface area (Å²) >= 11 is 6.00. The molecule has 5 heteroatoms. The van der Waals surface area contributed by atoms with Crippen molar-refractivity contribution < 1.29 is 14.3 Å². The van der Waals surface area contributed by atoms with Crippen molar-refractivity contribution in [2.75, 3.05) is 20.3 Å². The van der Waals surface area contributed by atoms with Crippen molar-refractivity contribution in [2.45, 2.75) is 5.41 Å². The second kappa shape index (κ2) is 3.96. The highest BCUT2D eigenvalue weighted by Crippen LogP contribution is 2.36. The van der Waals surface area contributed by atoms with E-state index in [1.807, 2.05) is 0 Å². The minimum Gasteiger partial charge on any atom is -0.495 e. The smallest absolute Gasteiger partial charge is 0.232 e. The molecule has 4 nitrogen and oxygen atoms in total. The van der Waals surface area contributed by atoms with E-state index in [1.165, 1.54) is 7.11 Å². The van der Waals surface area contributed by atoms with Gasteiger partial charge in [0.05, 0.1) is 25.3 Å². The number of carbonyl (C=O) groups excluding carboxylic acids is 1. The van der Waals surface area contributed by atoms with Gasteiger partial charge < -0.3 is 15.2 Å². The van der Waals surface area contributed by atoms with Crippen LogP contribution in [0.25, 0.3) is 0 Å². The first kappa shape index (κ1) is 11.2. The number of benzene rings is 1. The fraction of sp³-hybridized carbons (Fsp3) is 0.364. The first-order valence-corrected chi connectivity index (χ1v) is 5.19. The van der Waals surface area contributed by atoms with Gasteiger partial charge >= 0.3 is 0 Å². The number of hydrogen-bond acceptors (Lipinski definition) is 3. The molecule has 1 fully saturated rings. The van der Waals surface area contributed by atoms with Gasteiger partial charge in [0.25, 0.3) is 0 Å². The van der Waals surface area contributed by atoms with Crippen molar-refractivity contribution in [3.05, 3.63) is 28.8 Å². The summed E-state index contributed by atoms with van der Waals surface area (Å²) in [6, 6.07) is 5.21. The normalized spacial score (nSPS) is 17.6. The summed E-state index contributed by atoms with van der Waals surface area (Å²) in [6.07, 6.45) is 0. The molecule has 0 bridgehead atoms. The molecular formula is C11H12ClNO3. The third kappa shape index (κ3) is 1.54. The van der Waals surface area contributed by atoms with Gasteiger partial charge in [0.1, 0.15) is 11.2 Å². The van der Waals surface area contributed by atoms with E-state index in [9.17, 15) is 4.79 Å². The number of hydrogen-bond donors (Lipinski definition) is 1. The van der Waals surface area contributed by atoms with E-state index in [-0.39, 0.29) is 5.91 Å². The molecule has 2 rings (SSSR count). The molecule has 1 aromatic rings. The lowest BCUT2D eigenvalue weighted by molar-refractivity contribution is -0.141. The quantitative estimate of drug-likeness (QED) is 0.862. The zero-order chi connectivity index (χ0) is 11.8. The maximum absolute atomic E-state index is 11.4. The summed E-state index contributed by atoms with van der Waals surface area (Å²) < 4.78 is 10.1. The average Bonchev–Trinajstić information content (AvgIpc) is 2.15. The Morgan fingerprint density at radius 2 is 2.25 bits per heavy atom. The third-order valence-corrected chi connectivity index (χ3v) is 3.17. The molecule has 86 valence electrons. The number of halogens is 1. The molecule has 1 heterocycles. The van der Waals surface area contributed by atoms with E-state index in [1.54, 1.807) is 18.2 Å². The van der Waals surface area contributed by atoms with Crippen LogP contribution in [-0.4, -0.2) is 26.2 Å². The van der Waals surface area contributed by atoms with Crippen LogP contribution in [0.15, 0.2) is 18.2 Å². The Morgan fingerprint density at radius 3 is 2.62 bits per heavy atom. The van der Waals surface area contributed by atoms with E-state index in [2.05, 4.69) is 0 Å². The number of ether oxygens (including phenoxy) is 2. The van der Waals surface area contributed by atoms with Crippen LogP contribution in [-0.2, 0) is 14.9 Å². The topological polar surface area (TPSA) is 61.5 Å². The third-order valence-electron chi connectivity index (χ3n) is 2.87. The van der Waals surface area contributed by atoms with Gasteiger partial charge in [-0.15, -0.1) is 0 Å². The Hall–Kier alpha value is -1.26. The van der Waals surface area contributed by atoms with Gasteiger partial charge in [-0.1, -0.05) is 17.7 Å². The Kier molecular flexibility index (Phi) is 2.78. The van der Waals surface area contributed by atoms with Gasteiger partial charge in [-0.3, -0.25) is 4.79 Å². The number of primary amides is 1. The minimum atomic E-state index is -0.726. The highest BCUT2D eigenvalue weighted by molar-refractivity contribution is 6.32. The van der Waals surface area contributed by atoms with Crippen LogP contribution >= 0.6 is 11.6 Å². The largest absolute Gasteiger partial charge is 0.495 e. The molecule has 0 spiro atoms. The van der Waals surface area contributed by atoms with Gasteiger partial charge in [-0.2, -0.15) is 0 Å². The molecule has 0 radical (unpaired) electrons. The molecule has 0 unspecified atom stereocenters. The molecule has 1 aliphatic heterocycles. The molecule has 1 aromatic carbocycles. The number of amides is 1. The Bertz CT molecular complexity index is 429. The van der Waals surface area contributed by atoms with Gasteiger partial charge in [0.2, 0.25) is 5.91 Å². The summed E-state index contributed by atoms with van der Waals surface area (Å²) in [5.41, 5.74) is 5.44. The molecule has 1 saturated heterocycles. The van der Waals surface area contributed by atoms with E-state index >= 15 is 0 Å².